The molecule has 9 nitrogen and oxygen atoms in total. The van der Waals surface area contributed by atoms with E-state index >= 15 is 0 Å². The van der Waals surface area contributed by atoms with Gasteiger partial charge in [0.15, 0.2) is 0 Å². The van der Waals surface area contributed by atoms with Crippen LogP contribution in [0.2, 0.25) is 0 Å². The van der Waals surface area contributed by atoms with Crippen molar-refractivity contribution < 1.29 is 14.4 Å². The molecule has 0 radical (unpaired) electrons. The van der Waals surface area contributed by atoms with Crippen LogP contribution in [0.25, 0.3) is 11.3 Å². The predicted octanol–water partition coefficient (Wildman–Crippen LogP) is 1.72. The summed E-state index contributed by atoms with van der Waals surface area (Å²) < 4.78 is 1.22. The summed E-state index contributed by atoms with van der Waals surface area (Å²) in [7, 11) is 0. The molecule has 0 saturated heterocycles. The first-order chi connectivity index (χ1) is 15.8. The van der Waals surface area contributed by atoms with E-state index in [9.17, 15) is 19.2 Å². The predicted molar refractivity (Wildman–Crippen MR) is 125 cm³/mol. The summed E-state index contributed by atoms with van der Waals surface area (Å²) in [5, 5.41) is 7.98. The number of amides is 3. The third kappa shape index (κ3) is 6.86. The van der Waals surface area contributed by atoms with E-state index in [-0.39, 0.29) is 42.9 Å². The molecule has 0 bridgehead atoms. The Morgan fingerprint density at radius 3 is 2.24 bits per heavy atom. The fourth-order valence-electron chi connectivity index (χ4n) is 3.03. The van der Waals surface area contributed by atoms with Crippen LogP contribution in [0.15, 0.2) is 65.7 Å². The molecule has 9 heteroatoms. The molecular weight excluding hydrogens is 422 g/mol. The molecule has 0 unspecified atom stereocenters. The van der Waals surface area contributed by atoms with Gasteiger partial charge in [0.05, 0.1) is 12.0 Å². The van der Waals surface area contributed by atoms with Crippen LogP contribution in [0.5, 0.6) is 0 Å². The van der Waals surface area contributed by atoms with Gasteiger partial charge in [-0.05, 0) is 31.2 Å². The number of nitrogens with zero attached hydrogens (tertiary/aromatic N) is 2. The fourth-order valence-corrected chi connectivity index (χ4v) is 3.03. The van der Waals surface area contributed by atoms with Crippen molar-refractivity contribution in [2.45, 2.75) is 20.4 Å². The van der Waals surface area contributed by atoms with Gasteiger partial charge in [0, 0.05) is 42.9 Å². The third-order valence-corrected chi connectivity index (χ3v) is 4.74. The third-order valence-electron chi connectivity index (χ3n) is 4.74. The molecule has 0 atom stereocenters. The lowest BCUT2D eigenvalue weighted by Gasteiger charge is -2.09. The van der Waals surface area contributed by atoms with Gasteiger partial charge >= 0.3 is 0 Å². The first-order valence-corrected chi connectivity index (χ1v) is 10.4. The van der Waals surface area contributed by atoms with Crippen molar-refractivity contribution in [2.75, 3.05) is 18.4 Å². The maximum Gasteiger partial charge on any atom is 0.254 e. The molecule has 3 amide bonds. The Kier molecular flexibility index (Phi) is 7.69. The zero-order chi connectivity index (χ0) is 23.8. The minimum atomic E-state index is -0.365. The molecule has 2 aromatic carbocycles. The summed E-state index contributed by atoms with van der Waals surface area (Å²) in [6.07, 6.45) is 1.35. The smallest absolute Gasteiger partial charge is 0.254 e. The van der Waals surface area contributed by atoms with Crippen LogP contribution in [0, 0.1) is 6.92 Å². The van der Waals surface area contributed by atoms with Crippen LogP contribution in [-0.2, 0) is 16.1 Å². The van der Waals surface area contributed by atoms with Crippen molar-refractivity contribution in [3.63, 3.8) is 0 Å². The van der Waals surface area contributed by atoms with Crippen molar-refractivity contribution in [1.29, 1.82) is 0 Å². The van der Waals surface area contributed by atoms with Crippen LogP contribution in [0.4, 0.5) is 5.69 Å². The monoisotopic (exact) mass is 447 g/mol. The number of hydrogen-bond donors (Lipinski definition) is 3. The molecule has 3 rings (SSSR count). The van der Waals surface area contributed by atoms with Gasteiger partial charge in [-0.25, -0.2) is 4.98 Å². The highest BCUT2D eigenvalue weighted by Gasteiger charge is 2.08. The molecule has 1 heterocycles. The summed E-state index contributed by atoms with van der Waals surface area (Å²) in [5.41, 5.74) is 3.19. The maximum absolute atomic E-state index is 12.3. The first-order valence-electron chi connectivity index (χ1n) is 10.4. The van der Waals surface area contributed by atoms with Crippen LogP contribution < -0.4 is 21.5 Å². The number of carbonyl (C=O) groups excluding carboxylic acids is 3. The highest BCUT2D eigenvalue weighted by Crippen LogP contribution is 2.15. The van der Waals surface area contributed by atoms with Crippen molar-refractivity contribution in [3.05, 3.63) is 82.4 Å². The largest absolute Gasteiger partial charge is 0.353 e. The quantitative estimate of drug-likeness (QED) is 0.454. The first kappa shape index (κ1) is 23.4. The van der Waals surface area contributed by atoms with E-state index in [2.05, 4.69) is 20.9 Å². The number of hydrogen-bond acceptors (Lipinski definition) is 5. The van der Waals surface area contributed by atoms with E-state index < -0.39 is 0 Å². The number of aromatic nitrogens is 2. The number of nitrogens with one attached hydrogen (secondary N) is 3. The second kappa shape index (κ2) is 10.9. The van der Waals surface area contributed by atoms with Gasteiger partial charge < -0.3 is 16.0 Å². The van der Waals surface area contributed by atoms with Crippen LogP contribution in [0.3, 0.4) is 0 Å². The molecule has 0 saturated carbocycles. The van der Waals surface area contributed by atoms with E-state index in [0.717, 1.165) is 11.1 Å². The van der Waals surface area contributed by atoms with E-state index in [0.29, 0.717) is 16.9 Å². The topological polar surface area (TPSA) is 122 Å². The second-order valence-electron chi connectivity index (χ2n) is 7.47. The molecule has 170 valence electrons. The number of anilines is 1. The molecule has 0 fully saturated rings. The summed E-state index contributed by atoms with van der Waals surface area (Å²) in [5.74, 6) is -0.857. The normalized spacial score (nSPS) is 10.4. The summed E-state index contributed by atoms with van der Waals surface area (Å²) in [6.45, 7) is 3.64. The molecule has 3 aromatic rings. The Labute approximate surface area is 190 Å². The van der Waals surface area contributed by atoms with Gasteiger partial charge in [-0.1, -0.05) is 29.8 Å². The average molecular weight is 447 g/mol. The van der Waals surface area contributed by atoms with E-state index in [1.807, 2.05) is 31.2 Å². The van der Waals surface area contributed by atoms with Crippen molar-refractivity contribution in [3.8, 4) is 11.3 Å². The highest BCUT2D eigenvalue weighted by atomic mass is 16.2. The fraction of sp³-hybridized carbons (Fsp3) is 0.208. The summed E-state index contributed by atoms with van der Waals surface area (Å²) in [4.78, 5) is 52.0. The summed E-state index contributed by atoms with van der Waals surface area (Å²) >= 11 is 0. The number of rotatable bonds is 8. The number of benzene rings is 2. The number of carbonyl (C=O) groups is 3. The Morgan fingerprint density at radius 2 is 1.61 bits per heavy atom. The van der Waals surface area contributed by atoms with E-state index in [1.165, 1.54) is 23.9 Å². The average Bonchev–Trinajstić information content (AvgIpc) is 2.78. The number of aryl methyl sites for hydroxylation is 1. The highest BCUT2D eigenvalue weighted by molar-refractivity contribution is 5.95. The lowest BCUT2D eigenvalue weighted by molar-refractivity contribution is -0.121. The lowest BCUT2D eigenvalue weighted by atomic mass is 10.1. The van der Waals surface area contributed by atoms with Gasteiger partial charge in [-0.2, -0.15) is 0 Å². The minimum absolute atomic E-state index is 0.168. The SMILES string of the molecule is CC(=O)Nc1ccc(C(=O)NCCNC(=O)Cn2cnc(-c3ccc(C)cc3)cc2=O)cc1. The Hall–Kier alpha value is -4.27. The van der Waals surface area contributed by atoms with Gasteiger partial charge in [0.25, 0.3) is 11.5 Å². The van der Waals surface area contributed by atoms with Crippen molar-refractivity contribution >= 4 is 23.4 Å². The van der Waals surface area contributed by atoms with Crippen LogP contribution in [-0.4, -0.2) is 40.4 Å². The zero-order valence-electron chi connectivity index (χ0n) is 18.4. The standard InChI is InChI=1S/C24H25N5O4/c1-16-3-5-18(6-4-16)21-13-23(32)29(15-27-21)14-22(31)25-11-12-26-24(33)19-7-9-20(10-8-19)28-17(2)30/h3-10,13,15H,11-12,14H2,1-2H3,(H,25,31)(H,26,33)(H,28,30). The Bertz CT molecular complexity index is 1200. The second-order valence-corrected chi connectivity index (χ2v) is 7.47. The zero-order valence-corrected chi connectivity index (χ0v) is 18.4. The van der Waals surface area contributed by atoms with Crippen molar-refractivity contribution in [2.24, 2.45) is 0 Å². The minimum Gasteiger partial charge on any atom is -0.353 e. The molecule has 0 aliphatic heterocycles. The molecule has 3 N–H and O–H groups in total. The van der Waals surface area contributed by atoms with Crippen LogP contribution in [0.1, 0.15) is 22.8 Å². The maximum atomic E-state index is 12.3. The Balaban J connectivity index is 1.44. The van der Waals surface area contributed by atoms with Gasteiger partial charge in [0.2, 0.25) is 11.8 Å². The summed E-state index contributed by atoms with van der Waals surface area (Å²) in [6, 6.07) is 15.5. The van der Waals surface area contributed by atoms with Gasteiger partial charge in [0.1, 0.15) is 6.54 Å². The lowest BCUT2D eigenvalue weighted by Crippen LogP contribution is -2.37. The van der Waals surface area contributed by atoms with Crippen LogP contribution >= 0.6 is 0 Å². The van der Waals surface area contributed by atoms with Crippen molar-refractivity contribution in [1.82, 2.24) is 20.2 Å². The van der Waals surface area contributed by atoms with E-state index in [4.69, 9.17) is 0 Å². The molecule has 0 aliphatic rings. The Morgan fingerprint density at radius 1 is 0.939 bits per heavy atom. The van der Waals surface area contributed by atoms with Gasteiger partial charge in [-0.3, -0.25) is 23.7 Å². The molecule has 1 aromatic heterocycles. The molecular formula is C24H25N5O4. The van der Waals surface area contributed by atoms with Gasteiger partial charge in [-0.15, -0.1) is 0 Å². The van der Waals surface area contributed by atoms with E-state index in [1.54, 1.807) is 24.3 Å². The molecule has 0 aliphatic carbocycles. The molecule has 33 heavy (non-hydrogen) atoms. The molecule has 0 spiro atoms.